The normalized spacial score (nSPS) is 12.0. The van der Waals surface area contributed by atoms with Crippen LogP contribution in [0.15, 0.2) is 54.9 Å². The molecule has 7 heteroatoms. The van der Waals surface area contributed by atoms with Crippen molar-refractivity contribution in [1.29, 1.82) is 0 Å². The molecular formula is C13H12N6O. The number of nitrogens with one attached hydrogen (secondary N) is 2. The van der Waals surface area contributed by atoms with Crippen LogP contribution >= 0.6 is 0 Å². The molecule has 0 radical (unpaired) electrons. The van der Waals surface area contributed by atoms with Gasteiger partial charge in [-0.1, -0.05) is 35.4 Å². The zero-order chi connectivity index (χ0) is 13.8. The zero-order valence-corrected chi connectivity index (χ0v) is 10.5. The van der Waals surface area contributed by atoms with Gasteiger partial charge in [0, 0.05) is 12.4 Å². The fraction of sp³-hybridized carbons (Fsp3) is 0.0769. The number of rotatable bonds is 4. The van der Waals surface area contributed by atoms with E-state index in [1.165, 1.54) is 0 Å². The minimum atomic E-state index is -0.482. The van der Waals surface area contributed by atoms with Gasteiger partial charge in [-0.25, -0.2) is 0 Å². The van der Waals surface area contributed by atoms with Crippen LogP contribution in [0.5, 0.6) is 0 Å². The number of tetrazole rings is 1. The van der Waals surface area contributed by atoms with Crippen LogP contribution in [0.4, 0.5) is 5.95 Å². The molecule has 2 N–H and O–H groups in total. The van der Waals surface area contributed by atoms with E-state index in [9.17, 15) is 4.79 Å². The summed E-state index contributed by atoms with van der Waals surface area (Å²) in [5.41, 5.74) is 0.879. The molecule has 1 amide bonds. The van der Waals surface area contributed by atoms with Gasteiger partial charge in [0.2, 0.25) is 0 Å². The van der Waals surface area contributed by atoms with Crippen molar-refractivity contribution in [2.24, 2.45) is 0 Å². The number of aromatic nitrogens is 5. The highest BCUT2D eigenvalue weighted by atomic mass is 16.2. The molecule has 0 aliphatic rings. The van der Waals surface area contributed by atoms with E-state index in [0.717, 1.165) is 5.56 Å². The molecule has 2 aromatic heterocycles. The maximum atomic E-state index is 12.5. The second-order valence-corrected chi connectivity index (χ2v) is 4.17. The van der Waals surface area contributed by atoms with Crippen molar-refractivity contribution >= 4 is 11.9 Å². The monoisotopic (exact) mass is 268 g/mol. The van der Waals surface area contributed by atoms with Gasteiger partial charge in [0.25, 0.3) is 11.9 Å². The minimum absolute atomic E-state index is 0.156. The van der Waals surface area contributed by atoms with Gasteiger partial charge in [0.15, 0.2) is 0 Å². The summed E-state index contributed by atoms with van der Waals surface area (Å²) in [6, 6.07) is 12.8. The summed E-state index contributed by atoms with van der Waals surface area (Å²) < 4.78 is 1.82. The van der Waals surface area contributed by atoms with Crippen molar-refractivity contribution in [2.45, 2.75) is 6.04 Å². The van der Waals surface area contributed by atoms with Crippen LogP contribution in [-0.4, -0.2) is 31.1 Å². The van der Waals surface area contributed by atoms with Crippen molar-refractivity contribution in [1.82, 2.24) is 25.2 Å². The molecule has 0 saturated carbocycles. The van der Waals surface area contributed by atoms with Crippen LogP contribution in [0.25, 0.3) is 0 Å². The Morgan fingerprint density at radius 2 is 1.90 bits per heavy atom. The number of anilines is 1. The lowest BCUT2D eigenvalue weighted by Crippen LogP contribution is -2.26. The quantitative estimate of drug-likeness (QED) is 0.744. The lowest BCUT2D eigenvalue weighted by molar-refractivity contribution is -0.118. The number of carbonyl (C=O) groups excluding carboxylic acids is 1. The molecule has 1 unspecified atom stereocenters. The molecule has 0 aliphatic heterocycles. The molecule has 1 aromatic carbocycles. The highest BCUT2D eigenvalue weighted by Gasteiger charge is 2.22. The SMILES string of the molecule is O=C(Nc1nn[nH]n1)C(c1ccccc1)n1cccc1. The summed E-state index contributed by atoms with van der Waals surface area (Å²) in [6.07, 6.45) is 3.68. The maximum absolute atomic E-state index is 12.5. The number of hydrogen-bond acceptors (Lipinski definition) is 4. The van der Waals surface area contributed by atoms with Crippen LogP contribution in [0, 0.1) is 0 Å². The Balaban J connectivity index is 1.92. The molecule has 2 heterocycles. The van der Waals surface area contributed by atoms with E-state index in [0.29, 0.717) is 0 Å². The topological polar surface area (TPSA) is 88.5 Å². The summed E-state index contributed by atoms with van der Waals surface area (Å²) >= 11 is 0. The van der Waals surface area contributed by atoms with E-state index >= 15 is 0 Å². The van der Waals surface area contributed by atoms with E-state index in [4.69, 9.17) is 0 Å². The Kier molecular flexibility index (Phi) is 3.24. The van der Waals surface area contributed by atoms with E-state index in [2.05, 4.69) is 25.9 Å². The molecule has 20 heavy (non-hydrogen) atoms. The molecule has 0 fully saturated rings. The summed E-state index contributed by atoms with van der Waals surface area (Å²) in [6.45, 7) is 0. The Morgan fingerprint density at radius 3 is 2.55 bits per heavy atom. The molecular weight excluding hydrogens is 256 g/mol. The van der Waals surface area contributed by atoms with Crippen molar-refractivity contribution in [3.8, 4) is 0 Å². The number of carbonyl (C=O) groups is 1. The Labute approximate surface area is 114 Å². The third-order valence-electron chi connectivity index (χ3n) is 2.87. The second kappa shape index (κ2) is 5.35. The van der Waals surface area contributed by atoms with Crippen molar-refractivity contribution in [3.63, 3.8) is 0 Å². The molecule has 0 spiro atoms. The van der Waals surface area contributed by atoms with Crippen molar-refractivity contribution in [3.05, 3.63) is 60.4 Å². The number of amides is 1. The first-order valence-corrected chi connectivity index (χ1v) is 6.06. The van der Waals surface area contributed by atoms with Gasteiger partial charge in [-0.15, -0.1) is 5.10 Å². The standard InChI is InChI=1S/C13H12N6O/c20-12(14-13-15-17-18-16-13)11(19-8-4-5-9-19)10-6-2-1-3-7-10/h1-9,11H,(H2,14,15,16,17,18,20). The summed E-state index contributed by atoms with van der Waals surface area (Å²) in [7, 11) is 0. The molecule has 100 valence electrons. The van der Waals surface area contributed by atoms with Gasteiger partial charge in [-0.05, 0) is 22.9 Å². The lowest BCUT2D eigenvalue weighted by Gasteiger charge is -2.17. The predicted octanol–water partition coefficient (Wildman–Crippen LogP) is 1.23. The van der Waals surface area contributed by atoms with Crippen LogP contribution in [0.1, 0.15) is 11.6 Å². The third-order valence-corrected chi connectivity index (χ3v) is 2.87. The first kappa shape index (κ1) is 12.1. The first-order valence-electron chi connectivity index (χ1n) is 6.06. The lowest BCUT2D eigenvalue weighted by atomic mass is 10.1. The Morgan fingerprint density at radius 1 is 1.15 bits per heavy atom. The summed E-state index contributed by atoms with van der Waals surface area (Å²) in [5.74, 6) is -0.0723. The van der Waals surface area contributed by atoms with E-state index < -0.39 is 6.04 Å². The Bertz CT molecular complexity index is 662. The zero-order valence-electron chi connectivity index (χ0n) is 10.5. The van der Waals surface area contributed by atoms with E-state index in [1.807, 2.05) is 59.4 Å². The molecule has 0 saturated heterocycles. The van der Waals surface area contributed by atoms with Crippen molar-refractivity contribution in [2.75, 3.05) is 5.32 Å². The first-order chi connectivity index (χ1) is 9.84. The van der Waals surface area contributed by atoms with Gasteiger partial charge in [0.1, 0.15) is 6.04 Å². The summed E-state index contributed by atoms with van der Waals surface area (Å²) in [4.78, 5) is 12.5. The highest BCUT2D eigenvalue weighted by molar-refractivity contribution is 5.94. The fourth-order valence-electron chi connectivity index (χ4n) is 2.01. The average molecular weight is 268 g/mol. The number of hydrogen-bond donors (Lipinski definition) is 2. The van der Waals surface area contributed by atoms with Gasteiger partial charge in [0.05, 0.1) is 0 Å². The number of benzene rings is 1. The number of aromatic amines is 1. The predicted molar refractivity (Wildman–Crippen MR) is 71.8 cm³/mol. The molecule has 1 atom stereocenters. The highest BCUT2D eigenvalue weighted by Crippen LogP contribution is 2.19. The third kappa shape index (κ3) is 2.41. The number of nitrogens with zero attached hydrogens (tertiary/aromatic N) is 4. The van der Waals surface area contributed by atoms with Crippen molar-refractivity contribution < 1.29 is 4.79 Å². The molecule has 0 bridgehead atoms. The van der Waals surface area contributed by atoms with Gasteiger partial charge < -0.3 is 4.57 Å². The molecule has 3 rings (SSSR count). The van der Waals surface area contributed by atoms with Gasteiger partial charge in [-0.3, -0.25) is 10.1 Å². The fourth-order valence-corrected chi connectivity index (χ4v) is 2.01. The molecule has 3 aromatic rings. The van der Waals surface area contributed by atoms with Crippen LogP contribution < -0.4 is 5.32 Å². The largest absolute Gasteiger partial charge is 0.338 e. The van der Waals surface area contributed by atoms with E-state index in [1.54, 1.807) is 0 Å². The molecule has 0 aliphatic carbocycles. The van der Waals surface area contributed by atoms with Gasteiger partial charge in [-0.2, -0.15) is 5.21 Å². The second-order valence-electron chi connectivity index (χ2n) is 4.17. The molecule has 7 nitrogen and oxygen atoms in total. The van der Waals surface area contributed by atoms with Gasteiger partial charge >= 0.3 is 0 Å². The van der Waals surface area contributed by atoms with Crippen LogP contribution in [0.2, 0.25) is 0 Å². The van der Waals surface area contributed by atoms with E-state index in [-0.39, 0.29) is 11.9 Å². The average Bonchev–Trinajstić information content (AvgIpc) is 3.14. The Hall–Kier alpha value is -2.96. The maximum Gasteiger partial charge on any atom is 0.269 e. The van der Waals surface area contributed by atoms with Crippen LogP contribution in [-0.2, 0) is 4.79 Å². The summed E-state index contributed by atoms with van der Waals surface area (Å²) in [5, 5.41) is 15.8. The smallest absolute Gasteiger partial charge is 0.269 e. The minimum Gasteiger partial charge on any atom is -0.338 e. The van der Waals surface area contributed by atoms with Crippen LogP contribution in [0.3, 0.4) is 0 Å². The number of H-pyrrole nitrogens is 1.